The predicted octanol–water partition coefficient (Wildman–Crippen LogP) is 3.60. The molecule has 1 saturated heterocycles. The molecule has 25 heavy (non-hydrogen) atoms. The topological polar surface area (TPSA) is 79.4 Å². The van der Waals surface area contributed by atoms with Crippen LogP contribution in [-0.2, 0) is 14.8 Å². The second-order valence-corrected chi connectivity index (χ2v) is 9.23. The molecule has 1 aromatic heterocycles. The third-order valence-corrected chi connectivity index (χ3v) is 7.14. The van der Waals surface area contributed by atoms with Gasteiger partial charge in [0.1, 0.15) is 0 Å². The maximum atomic E-state index is 12.8. The number of sulfonamides is 1. The monoisotopic (exact) mass is 381 g/mol. The molecule has 1 aliphatic heterocycles. The molecule has 8 heteroatoms. The minimum Gasteiger partial charge on any atom is -0.302 e. The summed E-state index contributed by atoms with van der Waals surface area (Å²) >= 11 is 1.31. The van der Waals surface area contributed by atoms with Crippen LogP contribution >= 0.6 is 11.3 Å². The van der Waals surface area contributed by atoms with E-state index in [1.165, 1.54) is 11.3 Å². The first-order chi connectivity index (χ1) is 12.0. The van der Waals surface area contributed by atoms with Crippen molar-refractivity contribution in [3.63, 3.8) is 0 Å². The normalized spacial score (nSPS) is 16.2. The molecule has 0 spiro atoms. The molecule has 136 valence electrons. The smallest absolute Gasteiger partial charge is 0.243 e. The van der Waals surface area contributed by atoms with Gasteiger partial charge in [-0.2, -0.15) is 4.31 Å². The zero-order valence-corrected chi connectivity index (χ0v) is 16.0. The Bertz CT molecular complexity index is 855. The molecule has 2 heterocycles. The summed E-state index contributed by atoms with van der Waals surface area (Å²) in [5.74, 6) is -0.0536. The van der Waals surface area contributed by atoms with Crippen LogP contribution in [0.3, 0.4) is 0 Å². The van der Waals surface area contributed by atoms with E-state index in [0.717, 1.165) is 36.8 Å². The summed E-state index contributed by atoms with van der Waals surface area (Å²) in [6, 6.07) is 4.98. The van der Waals surface area contributed by atoms with E-state index in [-0.39, 0.29) is 5.91 Å². The number of thiazole rings is 1. The molecule has 6 nitrogen and oxygen atoms in total. The van der Waals surface area contributed by atoms with Crippen LogP contribution in [-0.4, -0.2) is 36.7 Å². The standard InChI is InChI=1S/C17H23N3O3S2/c1-2-3-7-16(21)19-17-18-14-9-8-13(12-15(14)24-17)25(22,23)20-10-5-4-6-11-20/h8-9,12H,2-7,10-11H2,1H3,(H,18,19,21). The summed E-state index contributed by atoms with van der Waals surface area (Å²) in [6.45, 7) is 3.21. The summed E-state index contributed by atoms with van der Waals surface area (Å²) in [6.07, 6.45) is 5.19. The van der Waals surface area contributed by atoms with E-state index >= 15 is 0 Å². The van der Waals surface area contributed by atoms with Crippen LogP contribution < -0.4 is 5.32 Å². The molecule has 0 unspecified atom stereocenters. The molecule has 0 radical (unpaired) electrons. The summed E-state index contributed by atoms with van der Waals surface area (Å²) in [7, 11) is -3.45. The molecular weight excluding hydrogens is 358 g/mol. The first-order valence-corrected chi connectivity index (χ1v) is 11.0. The van der Waals surface area contributed by atoms with Crippen LogP contribution in [0.2, 0.25) is 0 Å². The lowest BCUT2D eigenvalue weighted by atomic mass is 10.2. The number of nitrogens with zero attached hydrogens (tertiary/aromatic N) is 2. The fraction of sp³-hybridized carbons (Fsp3) is 0.529. The van der Waals surface area contributed by atoms with Gasteiger partial charge in [0.05, 0.1) is 15.1 Å². The number of benzene rings is 1. The largest absolute Gasteiger partial charge is 0.302 e. The lowest BCUT2D eigenvalue weighted by Crippen LogP contribution is -2.35. The van der Waals surface area contributed by atoms with E-state index in [2.05, 4.69) is 10.3 Å². The number of carbonyl (C=O) groups excluding carboxylic acids is 1. The molecule has 2 aromatic rings. The van der Waals surface area contributed by atoms with Crippen molar-refractivity contribution in [1.82, 2.24) is 9.29 Å². The van der Waals surface area contributed by atoms with Gasteiger partial charge < -0.3 is 5.32 Å². The van der Waals surface area contributed by atoms with E-state index in [1.807, 2.05) is 6.92 Å². The van der Waals surface area contributed by atoms with Gasteiger partial charge in [-0.1, -0.05) is 31.1 Å². The molecule has 0 saturated carbocycles. The second kappa shape index (κ2) is 7.80. The Kier molecular flexibility index (Phi) is 5.71. The average molecular weight is 382 g/mol. The third-order valence-electron chi connectivity index (χ3n) is 4.32. The van der Waals surface area contributed by atoms with Crippen LogP contribution in [0.15, 0.2) is 23.1 Å². The van der Waals surface area contributed by atoms with Crippen LogP contribution in [0.25, 0.3) is 10.2 Å². The number of nitrogens with one attached hydrogen (secondary N) is 1. The number of unbranched alkanes of at least 4 members (excludes halogenated alkanes) is 1. The summed E-state index contributed by atoms with van der Waals surface area (Å²) in [5.41, 5.74) is 0.702. The number of hydrogen-bond donors (Lipinski definition) is 1. The van der Waals surface area contributed by atoms with Crippen molar-refractivity contribution in [3.8, 4) is 0 Å². The Balaban J connectivity index is 1.81. The fourth-order valence-electron chi connectivity index (χ4n) is 2.89. The first-order valence-electron chi connectivity index (χ1n) is 8.71. The number of aromatic nitrogens is 1. The number of fused-ring (bicyclic) bond motifs is 1. The summed E-state index contributed by atoms with van der Waals surface area (Å²) < 4.78 is 27.9. The molecule has 1 aromatic carbocycles. The lowest BCUT2D eigenvalue weighted by molar-refractivity contribution is -0.116. The highest BCUT2D eigenvalue weighted by atomic mass is 32.2. The van der Waals surface area contributed by atoms with E-state index in [1.54, 1.807) is 22.5 Å². The zero-order valence-electron chi connectivity index (χ0n) is 14.3. The molecule has 0 atom stereocenters. The van der Waals surface area contributed by atoms with E-state index in [4.69, 9.17) is 0 Å². The highest BCUT2D eigenvalue weighted by Gasteiger charge is 2.26. The van der Waals surface area contributed by atoms with Crippen molar-refractivity contribution in [2.45, 2.75) is 50.3 Å². The maximum Gasteiger partial charge on any atom is 0.243 e. The van der Waals surface area contributed by atoms with E-state index in [9.17, 15) is 13.2 Å². The van der Waals surface area contributed by atoms with Crippen molar-refractivity contribution < 1.29 is 13.2 Å². The zero-order chi connectivity index (χ0) is 17.9. The minimum atomic E-state index is -3.45. The van der Waals surface area contributed by atoms with Gasteiger partial charge in [-0.15, -0.1) is 0 Å². The van der Waals surface area contributed by atoms with Gasteiger partial charge in [-0.25, -0.2) is 13.4 Å². The molecule has 0 bridgehead atoms. The van der Waals surface area contributed by atoms with Crippen molar-refractivity contribution in [1.29, 1.82) is 0 Å². The van der Waals surface area contributed by atoms with Gasteiger partial charge >= 0.3 is 0 Å². The SMILES string of the molecule is CCCCC(=O)Nc1nc2ccc(S(=O)(=O)N3CCCCC3)cc2s1. The molecule has 1 amide bonds. The van der Waals surface area contributed by atoms with Crippen molar-refractivity contribution >= 4 is 42.6 Å². The van der Waals surface area contributed by atoms with Crippen molar-refractivity contribution in [3.05, 3.63) is 18.2 Å². The van der Waals surface area contributed by atoms with Gasteiger partial charge in [0.2, 0.25) is 15.9 Å². The summed E-state index contributed by atoms with van der Waals surface area (Å²) in [5, 5.41) is 3.31. The van der Waals surface area contributed by atoms with E-state index in [0.29, 0.717) is 35.1 Å². The Labute approximate surface area is 152 Å². The number of rotatable bonds is 6. The Morgan fingerprint density at radius 3 is 2.76 bits per heavy atom. The molecule has 0 aliphatic carbocycles. The van der Waals surface area contributed by atoms with Gasteiger partial charge in [-0.05, 0) is 37.5 Å². The highest BCUT2D eigenvalue weighted by molar-refractivity contribution is 7.89. The van der Waals surface area contributed by atoms with Gasteiger partial charge in [0.25, 0.3) is 0 Å². The third kappa shape index (κ3) is 4.19. The number of carbonyl (C=O) groups is 1. The Morgan fingerprint density at radius 1 is 1.28 bits per heavy atom. The number of amides is 1. The van der Waals surface area contributed by atoms with Crippen molar-refractivity contribution in [2.24, 2.45) is 0 Å². The minimum absolute atomic E-state index is 0.0536. The average Bonchev–Trinajstić information content (AvgIpc) is 3.02. The number of hydrogen-bond acceptors (Lipinski definition) is 5. The molecular formula is C17H23N3O3S2. The maximum absolute atomic E-state index is 12.8. The van der Waals surface area contributed by atoms with E-state index < -0.39 is 10.0 Å². The van der Waals surface area contributed by atoms with Gasteiger partial charge in [0, 0.05) is 19.5 Å². The van der Waals surface area contributed by atoms with Gasteiger partial charge in [-0.3, -0.25) is 4.79 Å². The number of piperidine rings is 1. The van der Waals surface area contributed by atoms with Crippen LogP contribution in [0.1, 0.15) is 45.4 Å². The number of anilines is 1. The Morgan fingerprint density at radius 2 is 2.04 bits per heavy atom. The van der Waals surface area contributed by atoms with Crippen LogP contribution in [0, 0.1) is 0 Å². The molecule has 1 N–H and O–H groups in total. The lowest BCUT2D eigenvalue weighted by Gasteiger charge is -2.25. The first kappa shape index (κ1) is 18.3. The Hall–Kier alpha value is -1.51. The quantitative estimate of drug-likeness (QED) is 0.829. The molecule has 1 aliphatic rings. The second-order valence-electron chi connectivity index (χ2n) is 6.27. The van der Waals surface area contributed by atoms with Crippen LogP contribution in [0.5, 0.6) is 0 Å². The molecule has 1 fully saturated rings. The van der Waals surface area contributed by atoms with Gasteiger partial charge in [0.15, 0.2) is 5.13 Å². The van der Waals surface area contributed by atoms with Crippen molar-refractivity contribution in [2.75, 3.05) is 18.4 Å². The fourth-order valence-corrected chi connectivity index (χ4v) is 5.43. The highest BCUT2D eigenvalue weighted by Crippen LogP contribution is 2.30. The predicted molar refractivity (Wildman–Crippen MR) is 100 cm³/mol. The summed E-state index contributed by atoms with van der Waals surface area (Å²) in [4.78, 5) is 16.5. The molecule has 3 rings (SSSR count). The van der Waals surface area contributed by atoms with Crippen LogP contribution in [0.4, 0.5) is 5.13 Å².